The molecule has 0 aromatic carbocycles. The maximum Gasteiger partial charge on any atom is 0.307 e. The first-order valence-corrected chi connectivity index (χ1v) is 6.65. The first kappa shape index (κ1) is 12.4. The average molecular weight is 239 g/mol. The smallest absolute Gasteiger partial charge is 0.307 e. The van der Waals surface area contributed by atoms with Gasteiger partial charge in [0.05, 0.1) is 11.8 Å². The number of rotatable bonds is 4. The van der Waals surface area contributed by atoms with Crippen LogP contribution in [0.15, 0.2) is 0 Å². The standard InChI is InChI=1S/C13H21NO3/c1-2-8-3-5-9(6-4-8)14-12(15)10-7-11(10)13(16)17/h8-11H,2-7H2,1H3,(H,14,15)(H,16,17)/t8?,9?,10-,11-/m0/s1. The highest BCUT2D eigenvalue weighted by molar-refractivity contribution is 5.89. The lowest BCUT2D eigenvalue weighted by atomic mass is 9.84. The number of carbonyl (C=O) groups is 2. The van der Waals surface area contributed by atoms with Crippen LogP contribution in [0.2, 0.25) is 0 Å². The molecule has 0 heterocycles. The minimum absolute atomic E-state index is 0.0441. The second-order valence-corrected chi connectivity index (χ2v) is 5.42. The molecule has 2 aliphatic carbocycles. The fourth-order valence-electron chi connectivity index (χ4n) is 2.78. The molecule has 2 rings (SSSR count). The van der Waals surface area contributed by atoms with Crippen LogP contribution >= 0.6 is 0 Å². The van der Waals surface area contributed by atoms with Crippen LogP contribution in [0.5, 0.6) is 0 Å². The summed E-state index contributed by atoms with van der Waals surface area (Å²) in [5.74, 6) is -0.758. The Morgan fingerprint density at radius 3 is 2.29 bits per heavy atom. The molecule has 2 aliphatic rings. The Morgan fingerprint density at radius 1 is 1.18 bits per heavy atom. The molecule has 17 heavy (non-hydrogen) atoms. The Bertz CT molecular complexity index is 308. The van der Waals surface area contributed by atoms with Gasteiger partial charge < -0.3 is 10.4 Å². The molecule has 0 bridgehead atoms. The van der Waals surface area contributed by atoms with Crippen LogP contribution in [0.25, 0.3) is 0 Å². The first-order valence-electron chi connectivity index (χ1n) is 6.65. The molecular weight excluding hydrogens is 218 g/mol. The largest absolute Gasteiger partial charge is 0.481 e. The minimum Gasteiger partial charge on any atom is -0.481 e. The highest BCUT2D eigenvalue weighted by Gasteiger charge is 2.48. The van der Waals surface area contributed by atoms with Crippen LogP contribution in [-0.2, 0) is 9.59 Å². The van der Waals surface area contributed by atoms with E-state index in [-0.39, 0.29) is 17.9 Å². The molecule has 2 N–H and O–H groups in total. The summed E-state index contributed by atoms with van der Waals surface area (Å²) in [6.07, 6.45) is 6.22. The van der Waals surface area contributed by atoms with E-state index in [1.54, 1.807) is 0 Å². The van der Waals surface area contributed by atoms with Crippen molar-refractivity contribution in [2.75, 3.05) is 0 Å². The number of aliphatic carboxylic acids is 1. The molecule has 0 aromatic heterocycles. The van der Waals surface area contributed by atoms with Crippen LogP contribution in [0.3, 0.4) is 0 Å². The van der Waals surface area contributed by atoms with Crippen LogP contribution < -0.4 is 5.32 Å². The van der Waals surface area contributed by atoms with Crippen LogP contribution in [0, 0.1) is 17.8 Å². The van der Waals surface area contributed by atoms with Gasteiger partial charge in [-0.05, 0) is 38.0 Å². The molecule has 4 heteroatoms. The van der Waals surface area contributed by atoms with E-state index in [0.717, 1.165) is 18.8 Å². The second-order valence-electron chi connectivity index (χ2n) is 5.42. The monoisotopic (exact) mass is 239 g/mol. The summed E-state index contributed by atoms with van der Waals surface area (Å²) in [6.45, 7) is 2.21. The van der Waals surface area contributed by atoms with Crippen molar-refractivity contribution in [1.29, 1.82) is 0 Å². The Morgan fingerprint density at radius 2 is 1.82 bits per heavy atom. The lowest BCUT2D eigenvalue weighted by Crippen LogP contribution is -2.38. The minimum atomic E-state index is -0.833. The molecular formula is C13H21NO3. The second kappa shape index (κ2) is 5.07. The van der Waals surface area contributed by atoms with E-state index < -0.39 is 11.9 Å². The van der Waals surface area contributed by atoms with E-state index in [1.165, 1.54) is 19.3 Å². The van der Waals surface area contributed by atoms with Gasteiger partial charge in [-0.3, -0.25) is 9.59 Å². The van der Waals surface area contributed by atoms with Gasteiger partial charge in [0.25, 0.3) is 0 Å². The van der Waals surface area contributed by atoms with E-state index in [9.17, 15) is 9.59 Å². The zero-order chi connectivity index (χ0) is 12.4. The number of carboxylic acids is 1. The summed E-state index contributed by atoms with van der Waals surface area (Å²) < 4.78 is 0. The van der Waals surface area contributed by atoms with Crippen molar-refractivity contribution in [2.45, 2.75) is 51.5 Å². The lowest BCUT2D eigenvalue weighted by Gasteiger charge is -2.28. The van der Waals surface area contributed by atoms with Gasteiger partial charge in [0.1, 0.15) is 0 Å². The van der Waals surface area contributed by atoms with Gasteiger partial charge in [-0.2, -0.15) is 0 Å². The zero-order valence-electron chi connectivity index (χ0n) is 10.3. The molecule has 4 nitrogen and oxygen atoms in total. The molecule has 0 aliphatic heterocycles. The van der Waals surface area contributed by atoms with Crippen molar-refractivity contribution in [2.24, 2.45) is 17.8 Å². The van der Waals surface area contributed by atoms with Gasteiger partial charge in [-0.25, -0.2) is 0 Å². The van der Waals surface area contributed by atoms with Gasteiger partial charge in [-0.1, -0.05) is 13.3 Å². The molecule has 1 amide bonds. The third-order valence-electron chi connectivity index (χ3n) is 4.21. The molecule has 0 spiro atoms. The summed E-state index contributed by atoms with van der Waals surface area (Å²) in [5, 5.41) is 11.8. The Balaban J connectivity index is 1.72. The molecule has 2 atom stereocenters. The molecule has 96 valence electrons. The van der Waals surface area contributed by atoms with Crippen molar-refractivity contribution in [1.82, 2.24) is 5.32 Å². The average Bonchev–Trinajstić information content (AvgIpc) is 3.10. The van der Waals surface area contributed by atoms with Crippen LogP contribution in [0.4, 0.5) is 0 Å². The molecule has 0 radical (unpaired) electrons. The zero-order valence-corrected chi connectivity index (χ0v) is 10.3. The van der Waals surface area contributed by atoms with Crippen molar-refractivity contribution in [3.63, 3.8) is 0 Å². The number of hydrogen-bond acceptors (Lipinski definition) is 2. The summed E-state index contributed by atoms with van der Waals surface area (Å²) in [4.78, 5) is 22.4. The van der Waals surface area contributed by atoms with Crippen molar-refractivity contribution in [3.8, 4) is 0 Å². The third-order valence-corrected chi connectivity index (χ3v) is 4.21. The topological polar surface area (TPSA) is 66.4 Å². The summed E-state index contributed by atoms with van der Waals surface area (Å²) in [6, 6.07) is 0.278. The fraction of sp³-hybridized carbons (Fsp3) is 0.846. The van der Waals surface area contributed by atoms with E-state index >= 15 is 0 Å². The molecule has 0 unspecified atom stereocenters. The predicted molar refractivity (Wildman–Crippen MR) is 63.4 cm³/mol. The maximum atomic E-state index is 11.8. The van der Waals surface area contributed by atoms with Crippen LogP contribution in [-0.4, -0.2) is 23.0 Å². The first-order chi connectivity index (χ1) is 8.11. The maximum absolute atomic E-state index is 11.8. The highest BCUT2D eigenvalue weighted by atomic mass is 16.4. The quantitative estimate of drug-likeness (QED) is 0.786. The number of hydrogen-bond donors (Lipinski definition) is 2. The number of carbonyl (C=O) groups excluding carboxylic acids is 1. The Hall–Kier alpha value is -1.06. The molecule has 0 saturated heterocycles. The molecule has 0 aromatic rings. The summed E-state index contributed by atoms with van der Waals surface area (Å²) in [5.41, 5.74) is 0. The number of nitrogens with one attached hydrogen (secondary N) is 1. The van der Waals surface area contributed by atoms with E-state index in [1.807, 2.05) is 0 Å². The van der Waals surface area contributed by atoms with E-state index in [2.05, 4.69) is 12.2 Å². The normalized spacial score (nSPS) is 36.3. The lowest BCUT2D eigenvalue weighted by molar-refractivity contribution is -0.140. The Labute approximate surface area is 102 Å². The molecule has 2 saturated carbocycles. The van der Waals surface area contributed by atoms with Crippen LogP contribution in [0.1, 0.15) is 45.4 Å². The summed E-state index contributed by atoms with van der Waals surface area (Å²) in [7, 11) is 0. The molecule has 2 fully saturated rings. The summed E-state index contributed by atoms with van der Waals surface area (Å²) >= 11 is 0. The van der Waals surface area contributed by atoms with Gasteiger partial charge >= 0.3 is 5.97 Å². The van der Waals surface area contributed by atoms with E-state index in [4.69, 9.17) is 5.11 Å². The van der Waals surface area contributed by atoms with Gasteiger partial charge in [0, 0.05) is 6.04 Å². The van der Waals surface area contributed by atoms with Gasteiger partial charge in [0.2, 0.25) is 5.91 Å². The SMILES string of the molecule is CCC1CCC(NC(=O)[C@H]2C[C@@H]2C(=O)O)CC1. The van der Waals surface area contributed by atoms with Gasteiger partial charge in [-0.15, -0.1) is 0 Å². The van der Waals surface area contributed by atoms with Crippen molar-refractivity contribution in [3.05, 3.63) is 0 Å². The number of amides is 1. The van der Waals surface area contributed by atoms with Gasteiger partial charge in [0.15, 0.2) is 0 Å². The third kappa shape index (κ3) is 2.99. The number of carboxylic acid groups (broad SMARTS) is 1. The fourth-order valence-corrected chi connectivity index (χ4v) is 2.78. The predicted octanol–water partition coefficient (Wildman–Crippen LogP) is 1.79. The van der Waals surface area contributed by atoms with Crippen molar-refractivity contribution < 1.29 is 14.7 Å². The van der Waals surface area contributed by atoms with E-state index in [0.29, 0.717) is 6.42 Å². The highest BCUT2D eigenvalue weighted by Crippen LogP contribution is 2.39. The Kier molecular flexibility index (Phi) is 3.69. The van der Waals surface area contributed by atoms with Crippen molar-refractivity contribution >= 4 is 11.9 Å².